The normalized spacial score (nSPS) is 13.9. The van der Waals surface area contributed by atoms with E-state index < -0.39 is 0 Å². The number of carbonyl (C=O) groups excluding carboxylic acids is 1. The Morgan fingerprint density at radius 2 is 2.21 bits per heavy atom. The first kappa shape index (κ1) is 13.2. The van der Waals surface area contributed by atoms with Gasteiger partial charge in [0.2, 0.25) is 0 Å². The number of allylic oxidation sites excluding steroid dienone is 1. The number of hydrogen-bond acceptors (Lipinski definition) is 3. The Morgan fingerprint density at radius 3 is 2.71 bits per heavy atom. The summed E-state index contributed by atoms with van der Waals surface area (Å²) in [6.45, 7) is 5.87. The molecule has 0 aromatic rings. The summed E-state index contributed by atoms with van der Waals surface area (Å²) in [5.74, 6) is -0.276. The Morgan fingerprint density at radius 1 is 1.57 bits per heavy atom. The van der Waals surface area contributed by atoms with Gasteiger partial charge in [0.1, 0.15) is 0 Å². The van der Waals surface area contributed by atoms with Crippen LogP contribution in [0.5, 0.6) is 0 Å². The van der Waals surface area contributed by atoms with Crippen LogP contribution in [0.1, 0.15) is 40.0 Å². The Kier molecular flexibility index (Phi) is 7.11. The third-order valence-corrected chi connectivity index (χ3v) is 1.84. The van der Waals surface area contributed by atoms with E-state index in [-0.39, 0.29) is 12.1 Å². The van der Waals surface area contributed by atoms with Crippen molar-refractivity contribution in [3.05, 3.63) is 11.6 Å². The highest BCUT2D eigenvalue weighted by Gasteiger charge is 1.99. The zero-order valence-corrected chi connectivity index (χ0v) is 9.25. The van der Waals surface area contributed by atoms with E-state index in [1.807, 2.05) is 6.92 Å². The molecular weight excluding hydrogens is 180 g/mol. The number of aliphatic hydroxyl groups excluding tert-OH is 1. The molecule has 3 nitrogen and oxygen atoms in total. The highest BCUT2D eigenvalue weighted by molar-refractivity contribution is 5.82. The van der Waals surface area contributed by atoms with E-state index in [2.05, 4.69) is 0 Å². The molecule has 0 bridgehead atoms. The number of esters is 1. The van der Waals surface area contributed by atoms with Gasteiger partial charge in [-0.15, -0.1) is 0 Å². The molecule has 3 heteroatoms. The van der Waals surface area contributed by atoms with E-state index in [0.29, 0.717) is 6.61 Å². The lowest BCUT2D eigenvalue weighted by Crippen LogP contribution is -2.01. The average Bonchev–Trinajstić information content (AvgIpc) is 2.03. The second kappa shape index (κ2) is 7.56. The van der Waals surface area contributed by atoms with Gasteiger partial charge >= 0.3 is 5.97 Å². The van der Waals surface area contributed by atoms with E-state index in [1.54, 1.807) is 13.8 Å². The van der Waals surface area contributed by atoms with Gasteiger partial charge in [0.05, 0.1) is 12.7 Å². The highest BCUT2D eigenvalue weighted by atomic mass is 16.5. The molecule has 0 aromatic heterocycles. The van der Waals surface area contributed by atoms with Crippen LogP contribution in [0.4, 0.5) is 0 Å². The summed E-state index contributed by atoms with van der Waals surface area (Å²) in [6.07, 6.45) is 3.77. The minimum Gasteiger partial charge on any atom is -0.463 e. The molecule has 1 N–H and O–H groups in total. The first-order valence-corrected chi connectivity index (χ1v) is 5.08. The van der Waals surface area contributed by atoms with Crippen LogP contribution in [0.25, 0.3) is 0 Å². The Balaban J connectivity index is 3.71. The van der Waals surface area contributed by atoms with Gasteiger partial charge in [0.15, 0.2) is 0 Å². The van der Waals surface area contributed by atoms with E-state index in [9.17, 15) is 4.79 Å². The summed E-state index contributed by atoms with van der Waals surface area (Å²) in [5.41, 5.74) is 1.00. The monoisotopic (exact) mass is 200 g/mol. The van der Waals surface area contributed by atoms with Gasteiger partial charge < -0.3 is 9.84 Å². The Bertz CT molecular complexity index is 195. The third kappa shape index (κ3) is 7.80. The fraction of sp³-hybridized carbons (Fsp3) is 0.727. The molecule has 0 fully saturated rings. The topological polar surface area (TPSA) is 46.5 Å². The number of aliphatic hydroxyl groups is 1. The highest BCUT2D eigenvalue weighted by Crippen LogP contribution is 2.08. The van der Waals surface area contributed by atoms with Crippen molar-refractivity contribution in [1.82, 2.24) is 0 Å². The zero-order valence-electron chi connectivity index (χ0n) is 9.25. The van der Waals surface area contributed by atoms with Crippen LogP contribution in [0, 0.1) is 0 Å². The molecule has 1 atom stereocenters. The summed E-state index contributed by atoms with van der Waals surface area (Å²) in [7, 11) is 0. The van der Waals surface area contributed by atoms with Crippen molar-refractivity contribution in [2.24, 2.45) is 0 Å². The predicted molar refractivity (Wildman–Crippen MR) is 55.9 cm³/mol. The molecule has 14 heavy (non-hydrogen) atoms. The van der Waals surface area contributed by atoms with Crippen LogP contribution in [-0.2, 0) is 9.53 Å². The molecule has 0 rings (SSSR count). The molecule has 0 heterocycles. The summed E-state index contributed by atoms with van der Waals surface area (Å²) < 4.78 is 4.78. The minimum absolute atomic E-state index is 0.259. The number of rotatable bonds is 6. The second-order valence-corrected chi connectivity index (χ2v) is 3.48. The van der Waals surface area contributed by atoms with Gasteiger partial charge in [-0.1, -0.05) is 5.57 Å². The van der Waals surface area contributed by atoms with Crippen LogP contribution in [0.3, 0.4) is 0 Å². The molecular formula is C11H20O3. The molecule has 0 aromatic carbocycles. The van der Waals surface area contributed by atoms with Crippen molar-refractivity contribution in [3.8, 4) is 0 Å². The first-order chi connectivity index (χ1) is 6.56. The van der Waals surface area contributed by atoms with Crippen molar-refractivity contribution >= 4 is 5.97 Å². The van der Waals surface area contributed by atoms with Gasteiger partial charge in [0.25, 0.3) is 0 Å². The predicted octanol–water partition coefficient (Wildman–Crippen LogP) is 2.05. The van der Waals surface area contributed by atoms with Gasteiger partial charge in [-0.25, -0.2) is 4.79 Å². The summed E-state index contributed by atoms with van der Waals surface area (Å²) >= 11 is 0. The molecule has 0 saturated heterocycles. The Labute approximate surface area is 85.8 Å². The summed E-state index contributed by atoms with van der Waals surface area (Å²) in [6, 6.07) is 0. The lowest BCUT2D eigenvalue weighted by molar-refractivity contribution is -0.137. The number of ether oxygens (including phenoxy) is 1. The Hall–Kier alpha value is -0.830. The van der Waals surface area contributed by atoms with Crippen molar-refractivity contribution in [2.75, 3.05) is 6.61 Å². The SMILES string of the molecule is CCOC(=O)/C=C(\C)CCCC(C)O. The number of carbonyl (C=O) groups is 1. The maximum atomic E-state index is 11.0. The largest absolute Gasteiger partial charge is 0.463 e. The van der Waals surface area contributed by atoms with Gasteiger partial charge in [-0.05, 0) is 40.0 Å². The molecule has 0 radical (unpaired) electrons. The quantitative estimate of drug-likeness (QED) is 0.527. The number of hydrogen-bond donors (Lipinski definition) is 1. The molecule has 0 spiro atoms. The maximum absolute atomic E-state index is 11.0. The molecule has 82 valence electrons. The maximum Gasteiger partial charge on any atom is 0.330 e. The van der Waals surface area contributed by atoms with Crippen LogP contribution < -0.4 is 0 Å². The molecule has 1 unspecified atom stereocenters. The van der Waals surface area contributed by atoms with Crippen LogP contribution in [-0.4, -0.2) is 23.8 Å². The molecule has 0 saturated carbocycles. The van der Waals surface area contributed by atoms with Gasteiger partial charge in [-0.3, -0.25) is 0 Å². The molecule has 0 aliphatic carbocycles. The van der Waals surface area contributed by atoms with Gasteiger partial charge in [-0.2, -0.15) is 0 Å². The van der Waals surface area contributed by atoms with Crippen molar-refractivity contribution in [2.45, 2.75) is 46.1 Å². The average molecular weight is 200 g/mol. The fourth-order valence-electron chi connectivity index (χ4n) is 1.13. The smallest absolute Gasteiger partial charge is 0.330 e. The van der Waals surface area contributed by atoms with Crippen molar-refractivity contribution < 1.29 is 14.6 Å². The minimum atomic E-state index is -0.276. The first-order valence-electron chi connectivity index (χ1n) is 5.08. The van der Waals surface area contributed by atoms with Crippen LogP contribution >= 0.6 is 0 Å². The molecule has 0 amide bonds. The van der Waals surface area contributed by atoms with Gasteiger partial charge in [0, 0.05) is 6.08 Å². The van der Waals surface area contributed by atoms with E-state index >= 15 is 0 Å². The second-order valence-electron chi connectivity index (χ2n) is 3.48. The lowest BCUT2D eigenvalue weighted by Gasteiger charge is -2.04. The van der Waals surface area contributed by atoms with Crippen molar-refractivity contribution in [3.63, 3.8) is 0 Å². The molecule has 0 aliphatic rings. The summed E-state index contributed by atoms with van der Waals surface area (Å²) in [4.78, 5) is 11.0. The third-order valence-electron chi connectivity index (χ3n) is 1.84. The van der Waals surface area contributed by atoms with Crippen LogP contribution in [0.15, 0.2) is 11.6 Å². The van der Waals surface area contributed by atoms with Crippen LogP contribution in [0.2, 0.25) is 0 Å². The standard InChI is InChI=1S/C11H20O3/c1-4-14-11(13)8-9(2)6-5-7-10(3)12/h8,10,12H,4-7H2,1-3H3/b9-8+. The van der Waals surface area contributed by atoms with E-state index in [4.69, 9.17) is 9.84 Å². The summed E-state index contributed by atoms with van der Waals surface area (Å²) in [5, 5.41) is 9.02. The van der Waals surface area contributed by atoms with Crippen molar-refractivity contribution in [1.29, 1.82) is 0 Å². The van der Waals surface area contributed by atoms with E-state index in [1.165, 1.54) is 6.08 Å². The fourth-order valence-corrected chi connectivity index (χ4v) is 1.13. The van der Waals surface area contributed by atoms with E-state index in [0.717, 1.165) is 24.8 Å². The molecule has 0 aliphatic heterocycles. The lowest BCUT2D eigenvalue weighted by atomic mass is 10.1. The zero-order chi connectivity index (χ0) is 11.0.